The highest BCUT2D eigenvalue weighted by molar-refractivity contribution is 6.13. The third kappa shape index (κ3) is 5.90. The molecule has 2 heterocycles. The van der Waals surface area contributed by atoms with Crippen molar-refractivity contribution in [2.24, 2.45) is 9.98 Å². The zero-order valence-corrected chi connectivity index (χ0v) is 27.8. The number of aliphatic imine (C=N–C) groups is 2. The van der Waals surface area contributed by atoms with Gasteiger partial charge in [0, 0.05) is 28.2 Å². The molecular formula is C45H41N3O. The molecule has 242 valence electrons. The highest BCUT2D eigenvalue weighted by Crippen LogP contribution is 2.47. The highest BCUT2D eigenvalue weighted by Gasteiger charge is 2.37. The van der Waals surface area contributed by atoms with Crippen LogP contribution >= 0.6 is 0 Å². The Bertz CT molecular complexity index is 2050. The first-order chi connectivity index (χ1) is 24.3. The second-order valence-electron chi connectivity index (χ2n) is 13.8. The van der Waals surface area contributed by atoms with E-state index in [2.05, 4.69) is 133 Å². The molecule has 0 aromatic heterocycles. The number of allylic oxidation sites excluding steroid dienone is 12. The first-order valence-corrected chi connectivity index (χ1v) is 18.0. The van der Waals surface area contributed by atoms with Crippen molar-refractivity contribution in [1.29, 1.82) is 0 Å². The summed E-state index contributed by atoms with van der Waals surface area (Å²) < 4.78 is 6.60. The van der Waals surface area contributed by atoms with Crippen molar-refractivity contribution in [3.8, 4) is 5.75 Å². The van der Waals surface area contributed by atoms with Gasteiger partial charge >= 0.3 is 0 Å². The van der Waals surface area contributed by atoms with E-state index in [1.54, 1.807) is 5.57 Å². The fourth-order valence-electron chi connectivity index (χ4n) is 8.11. The van der Waals surface area contributed by atoms with Crippen molar-refractivity contribution in [2.75, 3.05) is 0 Å². The summed E-state index contributed by atoms with van der Waals surface area (Å²) in [6.07, 6.45) is 32.4. The summed E-state index contributed by atoms with van der Waals surface area (Å²) in [7, 11) is 0. The minimum absolute atomic E-state index is 0.00587. The molecule has 0 saturated carbocycles. The van der Waals surface area contributed by atoms with E-state index < -0.39 is 0 Å². The van der Waals surface area contributed by atoms with Gasteiger partial charge in [-0.05, 0) is 96.9 Å². The number of hydrogen-bond donors (Lipinski definition) is 1. The Balaban J connectivity index is 1.06. The van der Waals surface area contributed by atoms with Crippen molar-refractivity contribution in [3.05, 3.63) is 178 Å². The monoisotopic (exact) mass is 639 g/mol. The van der Waals surface area contributed by atoms with Crippen LogP contribution in [0.5, 0.6) is 5.75 Å². The number of hydrogen-bond acceptors (Lipinski definition) is 4. The third-order valence-corrected chi connectivity index (χ3v) is 10.7. The number of nitrogens with zero attached hydrogens (tertiary/aromatic N) is 2. The van der Waals surface area contributed by atoms with E-state index in [0.29, 0.717) is 5.92 Å². The van der Waals surface area contributed by atoms with Gasteiger partial charge in [-0.1, -0.05) is 115 Å². The van der Waals surface area contributed by atoms with E-state index in [4.69, 9.17) is 14.7 Å². The lowest BCUT2D eigenvalue weighted by Gasteiger charge is -2.27. The Labute approximate surface area is 289 Å². The minimum atomic E-state index is -0.322. The zero-order chi connectivity index (χ0) is 32.6. The van der Waals surface area contributed by atoms with Crippen LogP contribution in [0.2, 0.25) is 0 Å². The van der Waals surface area contributed by atoms with E-state index in [1.165, 1.54) is 40.7 Å². The molecular weight excluding hydrogens is 599 g/mol. The molecule has 0 fully saturated rings. The second kappa shape index (κ2) is 13.0. The molecule has 0 bridgehead atoms. The molecule has 4 atom stereocenters. The maximum absolute atomic E-state index is 6.60. The second-order valence-corrected chi connectivity index (χ2v) is 13.8. The van der Waals surface area contributed by atoms with Gasteiger partial charge in [0.15, 0.2) is 5.84 Å². The molecule has 0 spiro atoms. The summed E-state index contributed by atoms with van der Waals surface area (Å²) in [5.74, 6) is 3.23. The number of amidine groups is 2. The minimum Gasteiger partial charge on any atom is -0.485 e. The van der Waals surface area contributed by atoms with Crippen LogP contribution in [0.3, 0.4) is 0 Å². The molecule has 2 aliphatic heterocycles. The smallest absolute Gasteiger partial charge is 0.159 e. The van der Waals surface area contributed by atoms with Crippen molar-refractivity contribution in [2.45, 2.75) is 69.1 Å². The fourth-order valence-corrected chi connectivity index (χ4v) is 8.11. The Morgan fingerprint density at radius 1 is 0.755 bits per heavy atom. The van der Waals surface area contributed by atoms with Crippen LogP contribution in [0.15, 0.2) is 155 Å². The van der Waals surface area contributed by atoms with Crippen molar-refractivity contribution < 1.29 is 4.74 Å². The lowest BCUT2D eigenvalue weighted by molar-refractivity contribution is 0.269. The van der Waals surface area contributed by atoms with Gasteiger partial charge in [-0.3, -0.25) is 0 Å². The van der Waals surface area contributed by atoms with Crippen LogP contribution in [-0.4, -0.2) is 17.8 Å². The maximum atomic E-state index is 6.60. The average molecular weight is 640 g/mol. The van der Waals surface area contributed by atoms with Gasteiger partial charge < -0.3 is 10.1 Å². The average Bonchev–Trinajstić information content (AvgIpc) is 3.57. The molecule has 3 aromatic rings. The molecule has 0 radical (unpaired) electrons. The molecule has 0 saturated heterocycles. The molecule has 4 aliphatic carbocycles. The van der Waals surface area contributed by atoms with Gasteiger partial charge in [0.05, 0.1) is 0 Å². The highest BCUT2D eigenvalue weighted by atomic mass is 16.5. The van der Waals surface area contributed by atoms with Gasteiger partial charge in [0.25, 0.3) is 0 Å². The summed E-state index contributed by atoms with van der Waals surface area (Å²) >= 11 is 0. The summed E-state index contributed by atoms with van der Waals surface area (Å²) in [6.45, 7) is 0. The largest absolute Gasteiger partial charge is 0.485 e. The van der Waals surface area contributed by atoms with E-state index in [0.717, 1.165) is 66.2 Å². The van der Waals surface area contributed by atoms with Crippen LogP contribution in [0, 0.1) is 0 Å². The van der Waals surface area contributed by atoms with Crippen LogP contribution in [0.25, 0.3) is 5.57 Å². The van der Waals surface area contributed by atoms with Crippen LogP contribution < -0.4 is 10.1 Å². The molecule has 6 aliphatic rings. The van der Waals surface area contributed by atoms with Crippen LogP contribution in [0.1, 0.15) is 96.3 Å². The van der Waals surface area contributed by atoms with Gasteiger partial charge in [0.1, 0.15) is 23.9 Å². The number of benzene rings is 3. The Morgan fingerprint density at radius 2 is 1.65 bits per heavy atom. The normalized spacial score (nSPS) is 25.2. The molecule has 4 heteroatoms. The van der Waals surface area contributed by atoms with Crippen LogP contribution in [-0.2, 0) is 0 Å². The number of rotatable bonds is 6. The van der Waals surface area contributed by atoms with E-state index in [1.807, 2.05) is 6.07 Å². The fraction of sp³-hybridized carbons (Fsp3) is 0.244. The molecule has 0 amide bonds. The first kappa shape index (κ1) is 29.9. The quantitative estimate of drug-likeness (QED) is 0.292. The summed E-state index contributed by atoms with van der Waals surface area (Å²) in [5, 5.41) is 3.79. The van der Waals surface area contributed by atoms with Crippen molar-refractivity contribution >= 4 is 17.2 Å². The van der Waals surface area contributed by atoms with Crippen LogP contribution in [0.4, 0.5) is 0 Å². The lowest BCUT2D eigenvalue weighted by atomic mass is 9.81. The van der Waals surface area contributed by atoms with Gasteiger partial charge in [-0.15, -0.1) is 0 Å². The first-order valence-electron chi connectivity index (χ1n) is 18.0. The van der Waals surface area contributed by atoms with Gasteiger partial charge in [-0.2, -0.15) is 0 Å². The summed E-state index contributed by atoms with van der Waals surface area (Å²) in [4.78, 5) is 10.4. The third-order valence-electron chi connectivity index (χ3n) is 10.7. The Morgan fingerprint density at radius 3 is 2.45 bits per heavy atom. The molecule has 9 rings (SSSR count). The summed E-state index contributed by atoms with van der Waals surface area (Å²) in [5.41, 5.74) is 11.3. The van der Waals surface area contributed by atoms with Gasteiger partial charge in [0.2, 0.25) is 0 Å². The molecule has 1 N–H and O–H groups in total. The number of fused-ring (bicyclic) bond motifs is 3. The van der Waals surface area contributed by atoms with Crippen molar-refractivity contribution in [1.82, 2.24) is 5.32 Å². The number of ether oxygens (including phenoxy) is 1. The zero-order valence-electron chi connectivity index (χ0n) is 27.8. The topological polar surface area (TPSA) is 46.0 Å². The SMILES string of the molecule is C1=CCCC(C2=CCC(c3ccc(C4=NC(c5ccccc5)=NC(c5cc(C6=CCCC=C6)cc6c5C5C=CC=CC5O6)N4)cc3)CC2)=C1. The van der Waals surface area contributed by atoms with E-state index in [9.17, 15) is 0 Å². The molecule has 4 unspecified atom stereocenters. The van der Waals surface area contributed by atoms with Gasteiger partial charge in [-0.25, -0.2) is 9.98 Å². The lowest BCUT2D eigenvalue weighted by Crippen LogP contribution is -2.34. The summed E-state index contributed by atoms with van der Waals surface area (Å²) in [6, 6.07) is 24.0. The predicted molar refractivity (Wildman–Crippen MR) is 201 cm³/mol. The predicted octanol–water partition coefficient (Wildman–Crippen LogP) is 10.4. The Hall–Kier alpha value is -5.22. The molecule has 3 aromatic carbocycles. The van der Waals surface area contributed by atoms with Crippen molar-refractivity contribution in [3.63, 3.8) is 0 Å². The maximum Gasteiger partial charge on any atom is 0.159 e. The Kier molecular flexibility index (Phi) is 7.93. The number of nitrogens with one attached hydrogen (secondary N) is 1. The van der Waals surface area contributed by atoms with E-state index in [-0.39, 0.29) is 18.2 Å². The molecule has 49 heavy (non-hydrogen) atoms. The molecule has 4 nitrogen and oxygen atoms in total. The van der Waals surface area contributed by atoms with E-state index >= 15 is 0 Å². The standard InChI is InChI=1S/C45H41N3O/c1-4-12-30(13-5-1)32-20-22-33(23-21-32)34-24-26-36(27-25-34)44-46-43(35-16-8-3-9-17-35)47-45(48-44)39-28-37(31-14-6-2-7-15-31)29-41-42(39)38-18-10-11-19-40(38)49-41/h1,3-4,6,8-12,14-20,24-29,33,38,40,45H,2,5,7,13,21-23H2,(H,46,47,48).